The number of carbonyl (C=O) groups is 1. The number of hydrogen-bond donors (Lipinski definition) is 2. The molecule has 0 saturated heterocycles. The normalized spacial score (nSPS) is 13.3. The fraction of sp³-hybridized carbons (Fsp3) is 0.235. The van der Waals surface area contributed by atoms with Gasteiger partial charge >= 0.3 is 0 Å². The van der Waals surface area contributed by atoms with Crippen molar-refractivity contribution in [3.8, 4) is 5.75 Å². The van der Waals surface area contributed by atoms with Crippen LogP contribution in [0.5, 0.6) is 5.75 Å². The first-order valence-corrected chi connectivity index (χ1v) is 6.76. The van der Waals surface area contributed by atoms with Gasteiger partial charge in [-0.05, 0) is 31.5 Å². The van der Waals surface area contributed by atoms with E-state index in [1.807, 2.05) is 55.5 Å². The summed E-state index contributed by atoms with van der Waals surface area (Å²) >= 11 is 0. The fourth-order valence-electron chi connectivity index (χ4n) is 2.30. The molecule has 1 atom stereocenters. The molecular formula is C17H20N2O2. The Balaban J connectivity index is 2.51. The van der Waals surface area contributed by atoms with Crippen molar-refractivity contribution in [3.05, 3.63) is 59.7 Å². The van der Waals surface area contributed by atoms with Gasteiger partial charge in [0, 0.05) is 11.3 Å². The van der Waals surface area contributed by atoms with Gasteiger partial charge in [0.25, 0.3) is 0 Å². The number of hydrogen-bond acceptors (Lipinski definition) is 3. The van der Waals surface area contributed by atoms with E-state index in [4.69, 9.17) is 10.5 Å². The third kappa shape index (κ3) is 2.84. The Morgan fingerprint density at radius 2 is 1.76 bits per heavy atom. The van der Waals surface area contributed by atoms with Gasteiger partial charge < -0.3 is 15.8 Å². The van der Waals surface area contributed by atoms with Crippen molar-refractivity contribution >= 4 is 11.6 Å². The minimum atomic E-state index is -1.06. The molecule has 0 aromatic heterocycles. The van der Waals surface area contributed by atoms with Crippen LogP contribution in [-0.2, 0) is 10.3 Å². The maximum absolute atomic E-state index is 12.1. The Bertz CT molecular complexity index is 655. The molecule has 0 spiro atoms. The molecule has 0 saturated carbocycles. The van der Waals surface area contributed by atoms with Gasteiger partial charge in [-0.15, -0.1) is 0 Å². The molecule has 2 aromatic rings. The fourth-order valence-corrected chi connectivity index (χ4v) is 2.30. The van der Waals surface area contributed by atoms with Crippen molar-refractivity contribution in [2.24, 2.45) is 5.73 Å². The van der Waals surface area contributed by atoms with Crippen molar-refractivity contribution in [2.45, 2.75) is 19.4 Å². The summed E-state index contributed by atoms with van der Waals surface area (Å²) in [5, 5.41) is 3.26. The predicted molar refractivity (Wildman–Crippen MR) is 84.3 cm³/mol. The number of benzene rings is 2. The van der Waals surface area contributed by atoms with Crippen molar-refractivity contribution in [2.75, 3.05) is 12.4 Å². The number of amides is 1. The van der Waals surface area contributed by atoms with Gasteiger partial charge in [-0.3, -0.25) is 4.79 Å². The SMILES string of the molecule is COc1ccccc1C(C)(Nc1ccccc1C)C(N)=O. The molecule has 3 N–H and O–H groups in total. The Kier molecular flexibility index (Phi) is 4.17. The number of rotatable bonds is 5. The summed E-state index contributed by atoms with van der Waals surface area (Å²) in [5.74, 6) is 0.162. The summed E-state index contributed by atoms with van der Waals surface area (Å²) in [6, 6.07) is 15.1. The zero-order valence-corrected chi connectivity index (χ0v) is 12.5. The Hall–Kier alpha value is -2.49. The topological polar surface area (TPSA) is 64.3 Å². The number of carbonyl (C=O) groups excluding carboxylic acids is 1. The lowest BCUT2D eigenvalue weighted by Crippen LogP contribution is -2.45. The number of primary amides is 1. The van der Waals surface area contributed by atoms with Crippen LogP contribution >= 0.6 is 0 Å². The van der Waals surface area contributed by atoms with Crippen molar-refractivity contribution in [3.63, 3.8) is 0 Å². The van der Waals surface area contributed by atoms with Crippen LogP contribution < -0.4 is 15.8 Å². The lowest BCUT2D eigenvalue weighted by molar-refractivity contribution is -0.122. The van der Waals surface area contributed by atoms with Crippen molar-refractivity contribution in [1.29, 1.82) is 0 Å². The molecule has 1 amide bonds. The molecule has 0 radical (unpaired) electrons. The number of aryl methyl sites for hydroxylation is 1. The van der Waals surface area contributed by atoms with Gasteiger partial charge in [0.15, 0.2) is 0 Å². The monoisotopic (exact) mass is 284 g/mol. The molecule has 2 rings (SSSR count). The Morgan fingerprint density at radius 1 is 1.14 bits per heavy atom. The second kappa shape index (κ2) is 5.87. The molecule has 1 unspecified atom stereocenters. The molecule has 0 aliphatic rings. The number of para-hydroxylation sites is 2. The van der Waals surface area contributed by atoms with Crippen molar-refractivity contribution < 1.29 is 9.53 Å². The first-order chi connectivity index (χ1) is 9.99. The van der Waals surface area contributed by atoms with E-state index in [9.17, 15) is 4.79 Å². The van der Waals surface area contributed by atoms with Gasteiger partial charge in [-0.2, -0.15) is 0 Å². The summed E-state index contributed by atoms with van der Waals surface area (Å²) in [5.41, 5.74) is 7.23. The second-order valence-corrected chi connectivity index (χ2v) is 5.13. The summed E-state index contributed by atoms with van der Waals surface area (Å²) in [4.78, 5) is 12.1. The van der Waals surface area contributed by atoms with E-state index in [-0.39, 0.29) is 0 Å². The maximum Gasteiger partial charge on any atom is 0.247 e. The highest BCUT2D eigenvalue weighted by molar-refractivity contribution is 5.90. The largest absolute Gasteiger partial charge is 0.496 e. The van der Waals surface area contributed by atoms with E-state index in [0.29, 0.717) is 11.3 Å². The predicted octanol–water partition coefficient (Wildman–Crippen LogP) is 2.82. The molecule has 0 fully saturated rings. The number of nitrogens with two attached hydrogens (primary N) is 1. The van der Waals surface area contributed by atoms with E-state index < -0.39 is 11.4 Å². The minimum Gasteiger partial charge on any atom is -0.496 e. The van der Waals surface area contributed by atoms with Gasteiger partial charge in [0.05, 0.1) is 7.11 Å². The Morgan fingerprint density at radius 3 is 2.38 bits per heavy atom. The standard InChI is InChI=1S/C17H20N2O2/c1-12-8-4-6-10-14(12)19-17(2,16(18)20)13-9-5-7-11-15(13)21-3/h4-11,19H,1-3H3,(H2,18,20). The van der Waals surface area contributed by atoms with Crippen LogP contribution in [0, 0.1) is 6.92 Å². The smallest absolute Gasteiger partial charge is 0.247 e. The summed E-state index contributed by atoms with van der Waals surface area (Å²) in [6.45, 7) is 3.74. The van der Waals surface area contributed by atoms with Crippen LogP contribution in [0.25, 0.3) is 0 Å². The zero-order valence-electron chi connectivity index (χ0n) is 12.5. The molecule has 2 aromatic carbocycles. The number of methoxy groups -OCH3 is 1. The van der Waals surface area contributed by atoms with Gasteiger partial charge in [0.1, 0.15) is 11.3 Å². The van der Waals surface area contributed by atoms with E-state index in [1.165, 1.54) is 0 Å². The number of anilines is 1. The molecule has 0 aliphatic heterocycles. The average molecular weight is 284 g/mol. The van der Waals surface area contributed by atoms with Crippen LogP contribution in [-0.4, -0.2) is 13.0 Å². The molecule has 21 heavy (non-hydrogen) atoms. The van der Waals surface area contributed by atoms with Gasteiger partial charge in [-0.1, -0.05) is 36.4 Å². The third-order valence-electron chi connectivity index (χ3n) is 3.67. The highest BCUT2D eigenvalue weighted by Gasteiger charge is 2.36. The summed E-state index contributed by atoms with van der Waals surface area (Å²) in [7, 11) is 1.58. The summed E-state index contributed by atoms with van der Waals surface area (Å²) < 4.78 is 5.36. The molecule has 4 nitrogen and oxygen atoms in total. The third-order valence-corrected chi connectivity index (χ3v) is 3.67. The first-order valence-electron chi connectivity index (χ1n) is 6.76. The molecule has 110 valence electrons. The maximum atomic E-state index is 12.1. The summed E-state index contributed by atoms with van der Waals surface area (Å²) in [6.07, 6.45) is 0. The minimum absolute atomic E-state index is 0.463. The first kappa shape index (κ1) is 14.9. The lowest BCUT2D eigenvalue weighted by atomic mass is 9.89. The highest BCUT2D eigenvalue weighted by atomic mass is 16.5. The van der Waals surface area contributed by atoms with Gasteiger partial charge in [0.2, 0.25) is 5.91 Å². The van der Waals surface area contributed by atoms with Crippen LogP contribution in [0.15, 0.2) is 48.5 Å². The molecule has 4 heteroatoms. The van der Waals surface area contributed by atoms with Crippen LogP contribution in [0.1, 0.15) is 18.1 Å². The second-order valence-electron chi connectivity index (χ2n) is 5.13. The van der Waals surface area contributed by atoms with E-state index in [1.54, 1.807) is 14.0 Å². The average Bonchev–Trinajstić information content (AvgIpc) is 2.49. The number of nitrogens with one attached hydrogen (secondary N) is 1. The molecule has 0 aliphatic carbocycles. The van der Waals surface area contributed by atoms with Crippen LogP contribution in [0.2, 0.25) is 0 Å². The lowest BCUT2D eigenvalue weighted by Gasteiger charge is -2.31. The van der Waals surface area contributed by atoms with Gasteiger partial charge in [-0.25, -0.2) is 0 Å². The van der Waals surface area contributed by atoms with E-state index >= 15 is 0 Å². The van der Waals surface area contributed by atoms with E-state index in [0.717, 1.165) is 11.3 Å². The highest BCUT2D eigenvalue weighted by Crippen LogP contribution is 2.33. The molecule has 0 bridgehead atoms. The van der Waals surface area contributed by atoms with Crippen LogP contribution in [0.3, 0.4) is 0 Å². The van der Waals surface area contributed by atoms with Crippen molar-refractivity contribution in [1.82, 2.24) is 0 Å². The van der Waals surface area contributed by atoms with E-state index in [2.05, 4.69) is 5.32 Å². The zero-order chi connectivity index (χ0) is 15.5. The quantitative estimate of drug-likeness (QED) is 0.887. The van der Waals surface area contributed by atoms with Crippen LogP contribution in [0.4, 0.5) is 5.69 Å². The molecular weight excluding hydrogens is 264 g/mol. The number of ether oxygens (including phenoxy) is 1. The Labute approximate surface area is 124 Å². The molecule has 0 heterocycles.